The van der Waals surface area contributed by atoms with Crippen LogP contribution in [0, 0.1) is 11.8 Å². The molecule has 0 N–H and O–H groups in total. The second kappa shape index (κ2) is 6.29. The molecule has 4 rings (SSSR count). The van der Waals surface area contributed by atoms with E-state index in [0.29, 0.717) is 23.8 Å². The number of piperidine rings is 1. The fourth-order valence-corrected chi connectivity index (χ4v) is 4.28. The number of hydrogen-bond acceptors (Lipinski definition) is 4. The lowest BCUT2D eigenvalue weighted by Gasteiger charge is -2.41. The molecule has 3 fully saturated rings. The van der Waals surface area contributed by atoms with E-state index < -0.39 is 0 Å². The van der Waals surface area contributed by atoms with E-state index in [1.54, 1.807) is 13.4 Å². The average Bonchev–Trinajstić information content (AvgIpc) is 3.04. The van der Waals surface area contributed by atoms with Crippen molar-refractivity contribution in [2.45, 2.75) is 44.4 Å². The van der Waals surface area contributed by atoms with Gasteiger partial charge in [-0.05, 0) is 37.3 Å². The van der Waals surface area contributed by atoms with Crippen molar-refractivity contribution >= 4 is 5.91 Å². The highest BCUT2D eigenvalue weighted by Crippen LogP contribution is 2.37. The molecule has 5 nitrogen and oxygen atoms in total. The molecule has 2 aliphatic heterocycles. The van der Waals surface area contributed by atoms with Crippen LogP contribution in [-0.4, -0.2) is 54.6 Å². The van der Waals surface area contributed by atoms with Crippen molar-refractivity contribution in [1.29, 1.82) is 0 Å². The maximum Gasteiger partial charge on any atom is 0.223 e. The van der Waals surface area contributed by atoms with Crippen molar-refractivity contribution in [3.05, 3.63) is 24.2 Å². The molecule has 1 amide bonds. The average molecular weight is 318 g/mol. The Balaban J connectivity index is 1.45. The van der Waals surface area contributed by atoms with Gasteiger partial charge in [-0.1, -0.05) is 0 Å². The van der Waals surface area contributed by atoms with Crippen LogP contribution >= 0.6 is 0 Å². The summed E-state index contributed by atoms with van der Waals surface area (Å²) < 4.78 is 11.2. The minimum Gasteiger partial charge on any atom is -0.468 e. The van der Waals surface area contributed by atoms with Gasteiger partial charge in [-0.25, -0.2) is 0 Å². The van der Waals surface area contributed by atoms with Crippen LogP contribution in [0.4, 0.5) is 0 Å². The maximum absolute atomic E-state index is 12.7. The van der Waals surface area contributed by atoms with Crippen molar-refractivity contribution < 1.29 is 13.9 Å². The minimum atomic E-state index is 0.270. The minimum absolute atomic E-state index is 0.270. The van der Waals surface area contributed by atoms with Gasteiger partial charge >= 0.3 is 0 Å². The lowest BCUT2D eigenvalue weighted by Crippen LogP contribution is -2.53. The number of carbonyl (C=O) groups excluding carboxylic acids is 1. The fraction of sp³-hybridized carbons (Fsp3) is 0.722. The van der Waals surface area contributed by atoms with Crippen LogP contribution in [0.2, 0.25) is 0 Å². The lowest BCUT2D eigenvalue weighted by molar-refractivity contribution is -0.139. The summed E-state index contributed by atoms with van der Waals surface area (Å²) in [6.07, 6.45) is 6.17. The number of hydrogen-bond donors (Lipinski definition) is 0. The molecule has 0 bridgehead atoms. The summed E-state index contributed by atoms with van der Waals surface area (Å²) in [6.45, 7) is 3.58. The quantitative estimate of drug-likeness (QED) is 0.834. The second-order valence-corrected chi connectivity index (χ2v) is 7.30. The highest BCUT2D eigenvalue weighted by Gasteiger charge is 2.46. The van der Waals surface area contributed by atoms with Gasteiger partial charge in [0.05, 0.1) is 25.0 Å². The van der Waals surface area contributed by atoms with Gasteiger partial charge < -0.3 is 14.1 Å². The molecule has 0 aromatic carbocycles. The third-order valence-electron chi connectivity index (χ3n) is 5.68. The van der Waals surface area contributed by atoms with E-state index >= 15 is 0 Å². The van der Waals surface area contributed by atoms with Gasteiger partial charge in [0.2, 0.25) is 5.91 Å². The normalized spacial score (nSPS) is 31.3. The molecular weight excluding hydrogens is 292 g/mol. The summed E-state index contributed by atoms with van der Waals surface area (Å²) in [7, 11) is 1.80. The summed E-state index contributed by atoms with van der Waals surface area (Å²) >= 11 is 0. The number of furan rings is 1. The lowest BCUT2D eigenvalue weighted by atomic mass is 9.88. The van der Waals surface area contributed by atoms with Crippen LogP contribution in [0.1, 0.15) is 31.4 Å². The summed E-state index contributed by atoms with van der Waals surface area (Å²) in [5.74, 6) is 2.43. The largest absolute Gasteiger partial charge is 0.468 e. The molecular formula is C18H26N2O3. The van der Waals surface area contributed by atoms with Gasteiger partial charge in [-0.15, -0.1) is 0 Å². The molecule has 126 valence electrons. The van der Waals surface area contributed by atoms with E-state index in [-0.39, 0.29) is 6.10 Å². The predicted molar refractivity (Wildman–Crippen MR) is 85.7 cm³/mol. The van der Waals surface area contributed by atoms with Crippen LogP contribution in [0.25, 0.3) is 0 Å². The Morgan fingerprint density at radius 3 is 2.91 bits per heavy atom. The van der Waals surface area contributed by atoms with Crippen LogP contribution in [0.5, 0.6) is 0 Å². The number of amides is 1. The molecule has 3 heterocycles. The number of nitrogens with zero attached hydrogens (tertiary/aromatic N) is 2. The Bertz CT molecular complexity index is 540. The van der Waals surface area contributed by atoms with Crippen LogP contribution in [-0.2, 0) is 16.1 Å². The number of methoxy groups -OCH3 is 1. The van der Waals surface area contributed by atoms with Crippen LogP contribution in [0.15, 0.2) is 22.8 Å². The SMILES string of the molecule is CO[C@H]1CCN(C(=O)CC2CC2)[C@@H]2CN(Cc3ccco3)C[C@H]12. The van der Waals surface area contributed by atoms with E-state index in [0.717, 1.165) is 44.8 Å². The van der Waals surface area contributed by atoms with Crippen molar-refractivity contribution in [1.82, 2.24) is 9.80 Å². The predicted octanol–water partition coefficient (Wildman–Crippen LogP) is 2.13. The molecule has 5 heteroatoms. The van der Waals surface area contributed by atoms with Gasteiger partial charge in [-0.3, -0.25) is 9.69 Å². The molecule has 2 saturated heterocycles. The zero-order valence-electron chi connectivity index (χ0n) is 13.8. The van der Waals surface area contributed by atoms with E-state index in [1.165, 1.54) is 12.8 Å². The zero-order valence-corrected chi connectivity index (χ0v) is 13.8. The maximum atomic E-state index is 12.7. The number of fused-ring (bicyclic) bond motifs is 1. The van der Waals surface area contributed by atoms with Crippen molar-refractivity contribution in [3.63, 3.8) is 0 Å². The van der Waals surface area contributed by atoms with Crippen molar-refractivity contribution in [3.8, 4) is 0 Å². The van der Waals surface area contributed by atoms with E-state index in [2.05, 4.69) is 9.80 Å². The summed E-state index contributed by atoms with van der Waals surface area (Å²) in [4.78, 5) is 17.2. The van der Waals surface area contributed by atoms with Gasteiger partial charge in [0.1, 0.15) is 5.76 Å². The van der Waals surface area contributed by atoms with E-state index in [1.807, 2.05) is 12.1 Å². The van der Waals surface area contributed by atoms with Crippen LogP contribution in [0.3, 0.4) is 0 Å². The third-order valence-corrected chi connectivity index (χ3v) is 5.68. The topological polar surface area (TPSA) is 45.9 Å². The first-order chi connectivity index (χ1) is 11.2. The molecule has 3 atom stereocenters. The first kappa shape index (κ1) is 15.2. The molecule has 0 spiro atoms. The number of rotatable bonds is 5. The summed E-state index contributed by atoms with van der Waals surface area (Å²) in [5, 5.41) is 0. The molecule has 1 aromatic heterocycles. The number of likely N-dealkylation sites (tertiary alicyclic amines) is 2. The molecule has 23 heavy (non-hydrogen) atoms. The molecule has 0 radical (unpaired) electrons. The highest BCUT2D eigenvalue weighted by molar-refractivity contribution is 5.77. The van der Waals surface area contributed by atoms with Gasteiger partial charge in [0, 0.05) is 39.1 Å². The fourth-order valence-electron chi connectivity index (χ4n) is 4.28. The standard InChI is InChI=1S/C18H26N2O3/c1-22-17-6-7-20(18(21)9-13-4-5-13)16-12-19(11-15(16)17)10-14-3-2-8-23-14/h2-3,8,13,15-17H,4-7,9-12H2,1H3/t15-,16+,17-/m0/s1. The number of ether oxygens (including phenoxy) is 1. The third kappa shape index (κ3) is 3.17. The van der Waals surface area contributed by atoms with Crippen molar-refractivity contribution in [2.24, 2.45) is 11.8 Å². The van der Waals surface area contributed by atoms with Crippen molar-refractivity contribution in [2.75, 3.05) is 26.7 Å². The molecule has 3 aliphatic rings. The zero-order chi connectivity index (χ0) is 15.8. The van der Waals surface area contributed by atoms with E-state index in [4.69, 9.17) is 9.15 Å². The molecule has 1 saturated carbocycles. The Morgan fingerprint density at radius 1 is 1.35 bits per heavy atom. The first-order valence-corrected chi connectivity index (χ1v) is 8.81. The van der Waals surface area contributed by atoms with Gasteiger partial charge in [0.15, 0.2) is 0 Å². The monoisotopic (exact) mass is 318 g/mol. The Hall–Kier alpha value is -1.33. The summed E-state index contributed by atoms with van der Waals surface area (Å²) in [6, 6.07) is 4.25. The molecule has 1 aromatic rings. The Labute approximate surface area is 137 Å². The van der Waals surface area contributed by atoms with Gasteiger partial charge in [0.25, 0.3) is 0 Å². The smallest absolute Gasteiger partial charge is 0.223 e. The second-order valence-electron chi connectivity index (χ2n) is 7.30. The molecule has 0 unspecified atom stereocenters. The molecule has 1 aliphatic carbocycles. The van der Waals surface area contributed by atoms with Gasteiger partial charge in [-0.2, -0.15) is 0 Å². The van der Waals surface area contributed by atoms with Crippen LogP contribution < -0.4 is 0 Å². The Morgan fingerprint density at radius 2 is 2.22 bits per heavy atom. The summed E-state index contributed by atoms with van der Waals surface area (Å²) in [5.41, 5.74) is 0. The Kier molecular flexibility index (Phi) is 4.16. The van der Waals surface area contributed by atoms with E-state index in [9.17, 15) is 4.79 Å². The highest BCUT2D eigenvalue weighted by atomic mass is 16.5. The number of carbonyl (C=O) groups is 1. The first-order valence-electron chi connectivity index (χ1n) is 8.81.